The number of hydrogen-bond acceptors (Lipinski definition) is 6. The number of benzene rings is 1. The topological polar surface area (TPSA) is 113 Å². The summed E-state index contributed by atoms with van der Waals surface area (Å²) < 4.78 is 30.3. The average molecular weight is 297 g/mol. The third-order valence-electron chi connectivity index (χ3n) is 2.64. The number of rotatable bonds is 5. The number of sulfonamides is 1. The van der Waals surface area contributed by atoms with Crippen LogP contribution in [0.3, 0.4) is 0 Å². The molecule has 0 saturated heterocycles. The molecule has 0 saturated carbocycles. The molecule has 1 aromatic carbocycles. The summed E-state index contributed by atoms with van der Waals surface area (Å²) in [5, 5.41) is 8.51. The van der Waals surface area contributed by atoms with Crippen molar-refractivity contribution in [2.45, 2.75) is 11.3 Å². The molecule has 0 amide bonds. The third-order valence-corrected chi connectivity index (χ3v) is 4.55. The molecule has 1 aromatic rings. The monoisotopic (exact) mass is 297 g/mol. The van der Waals surface area contributed by atoms with Gasteiger partial charge in [0.15, 0.2) is 0 Å². The molecule has 0 spiro atoms. The highest BCUT2D eigenvalue weighted by Crippen LogP contribution is 2.22. The number of esters is 1. The Bertz CT molecular complexity index is 649. The number of carbonyl (C=O) groups is 1. The van der Waals surface area contributed by atoms with Gasteiger partial charge in [0.2, 0.25) is 10.0 Å². The minimum absolute atomic E-state index is 0.0316. The van der Waals surface area contributed by atoms with Crippen molar-refractivity contribution in [3.8, 4) is 6.07 Å². The maximum atomic E-state index is 12.4. The number of nitrogens with two attached hydrogens (primary N) is 1. The number of nitrogen functional groups attached to an aromatic ring is 1. The van der Waals surface area contributed by atoms with E-state index < -0.39 is 16.0 Å². The lowest BCUT2D eigenvalue weighted by atomic mass is 10.2. The zero-order valence-corrected chi connectivity index (χ0v) is 12.0. The number of nitriles is 1. The zero-order valence-electron chi connectivity index (χ0n) is 11.2. The normalized spacial score (nSPS) is 11.1. The second-order valence-electron chi connectivity index (χ2n) is 3.98. The summed E-state index contributed by atoms with van der Waals surface area (Å²) in [6.45, 7) is 0.0316. The molecule has 0 heterocycles. The maximum Gasteiger partial charge on any atom is 0.339 e. The lowest BCUT2D eigenvalue weighted by Gasteiger charge is -2.17. The number of carbonyl (C=O) groups excluding carboxylic acids is 1. The molecule has 2 N–H and O–H groups in total. The maximum absolute atomic E-state index is 12.4. The van der Waals surface area contributed by atoms with Crippen LogP contribution in [-0.2, 0) is 14.8 Å². The van der Waals surface area contributed by atoms with Crippen molar-refractivity contribution in [1.29, 1.82) is 5.26 Å². The molecule has 0 aromatic heterocycles. The molecule has 0 aliphatic carbocycles. The van der Waals surface area contributed by atoms with Crippen molar-refractivity contribution in [3.63, 3.8) is 0 Å². The second kappa shape index (κ2) is 6.36. The molecule has 1 rings (SSSR count). The van der Waals surface area contributed by atoms with Gasteiger partial charge in [-0.15, -0.1) is 0 Å². The summed E-state index contributed by atoms with van der Waals surface area (Å²) in [5.41, 5.74) is 5.69. The van der Waals surface area contributed by atoms with E-state index >= 15 is 0 Å². The molecule has 0 fully saturated rings. The lowest BCUT2D eigenvalue weighted by Crippen LogP contribution is -2.29. The fourth-order valence-electron chi connectivity index (χ4n) is 1.54. The number of methoxy groups -OCH3 is 1. The van der Waals surface area contributed by atoms with Gasteiger partial charge in [-0.25, -0.2) is 13.2 Å². The summed E-state index contributed by atoms with van der Waals surface area (Å²) in [4.78, 5) is 11.5. The minimum atomic E-state index is -3.89. The first-order valence-corrected chi connectivity index (χ1v) is 7.09. The Hall–Kier alpha value is -2.11. The van der Waals surface area contributed by atoms with E-state index in [-0.39, 0.29) is 29.1 Å². The number of anilines is 1. The van der Waals surface area contributed by atoms with Crippen LogP contribution in [0.25, 0.3) is 0 Å². The van der Waals surface area contributed by atoms with Crippen molar-refractivity contribution in [3.05, 3.63) is 23.8 Å². The van der Waals surface area contributed by atoms with E-state index in [2.05, 4.69) is 4.74 Å². The van der Waals surface area contributed by atoms with Gasteiger partial charge in [0.05, 0.1) is 23.6 Å². The van der Waals surface area contributed by atoms with Crippen LogP contribution in [0.2, 0.25) is 0 Å². The standard InChI is InChI=1S/C12H15N3O4S/c1-15(7-3-6-13)20(17,18)11-5-4-9(14)8-10(11)12(16)19-2/h4-5,8H,3,7,14H2,1-2H3. The van der Waals surface area contributed by atoms with Crippen molar-refractivity contribution in [2.75, 3.05) is 26.4 Å². The number of ether oxygens (including phenoxy) is 1. The average Bonchev–Trinajstić information content (AvgIpc) is 2.43. The molecule has 8 heteroatoms. The molecule has 0 aliphatic rings. The Morgan fingerprint density at radius 1 is 1.50 bits per heavy atom. The largest absolute Gasteiger partial charge is 0.465 e. The Morgan fingerprint density at radius 3 is 2.70 bits per heavy atom. The number of nitrogens with zero attached hydrogens (tertiary/aromatic N) is 2. The highest BCUT2D eigenvalue weighted by atomic mass is 32.2. The van der Waals surface area contributed by atoms with Gasteiger partial charge < -0.3 is 10.5 Å². The van der Waals surface area contributed by atoms with E-state index in [0.717, 1.165) is 11.4 Å². The van der Waals surface area contributed by atoms with Crippen LogP contribution in [-0.4, -0.2) is 39.4 Å². The quantitative estimate of drug-likeness (QED) is 0.628. The van der Waals surface area contributed by atoms with Gasteiger partial charge >= 0.3 is 5.97 Å². The Balaban J connectivity index is 3.32. The first kappa shape index (κ1) is 15.9. The van der Waals surface area contributed by atoms with E-state index in [9.17, 15) is 13.2 Å². The van der Waals surface area contributed by atoms with Crippen molar-refractivity contribution >= 4 is 21.7 Å². The van der Waals surface area contributed by atoms with Gasteiger partial charge in [-0.2, -0.15) is 9.57 Å². The highest BCUT2D eigenvalue weighted by molar-refractivity contribution is 7.89. The molecular formula is C12H15N3O4S. The summed E-state index contributed by atoms with van der Waals surface area (Å²) in [7, 11) is -1.40. The van der Waals surface area contributed by atoms with Crippen LogP contribution in [0.1, 0.15) is 16.8 Å². The van der Waals surface area contributed by atoms with Crippen LogP contribution in [0.5, 0.6) is 0 Å². The molecule has 0 atom stereocenters. The van der Waals surface area contributed by atoms with E-state index in [1.807, 2.05) is 6.07 Å². The Labute approximate surface area is 117 Å². The van der Waals surface area contributed by atoms with Crippen molar-refractivity contribution in [1.82, 2.24) is 4.31 Å². The van der Waals surface area contributed by atoms with Gasteiger partial charge in [-0.05, 0) is 18.2 Å². The van der Waals surface area contributed by atoms with Gasteiger partial charge in [0, 0.05) is 25.7 Å². The van der Waals surface area contributed by atoms with Gasteiger partial charge in [0.25, 0.3) is 0 Å². The Kier molecular flexibility index (Phi) is 5.07. The third kappa shape index (κ3) is 3.26. The molecular weight excluding hydrogens is 282 g/mol. The molecule has 0 unspecified atom stereocenters. The SMILES string of the molecule is COC(=O)c1cc(N)ccc1S(=O)(=O)N(C)CCC#N. The van der Waals surface area contributed by atoms with Crippen LogP contribution in [0.4, 0.5) is 5.69 Å². The smallest absolute Gasteiger partial charge is 0.339 e. The Morgan fingerprint density at radius 2 is 2.15 bits per heavy atom. The molecule has 108 valence electrons. The summed E-state index contributed by atoms with van der Waals surface area (Å²) in [6.07, 6.45) is 0.0538. The predicted molar refractivity (Wildman–Crippen MR) is 72.2 cm³/mol. The first-order valence-electron chi connectivity index (χ1n) is 5.65. The molecule has 7 nitrogen and oxygen atoms in total. The predicted octanol–water partition coefficient (Wildman–Crippen LogP) is 0.590. The van der Waals surface area contributed by atoms with Crippen molar-refractivity contribution in [2.24, 2.45) is 0 Å². The number of hydrogen-bond donors (Lipinski definition) is 1. The van der Waals surface area contributed by atoms with Crippen LogP contribution < -0.4 is 5.73 Å². The van der Waals surface area contributed by atoms with E-state index in [1.165, 1.54) is 25.2 Å². The zero-order chi connectivity index (χ0) is 15.3. The summed E-state index contributed by atoms with van der Waals surface area (Å²) in [5.74, 6) is -0.787. The van der Waals surface area contributed by atoms with E-state index in [0.29, 0.717) is 0 Å². The minimum Gasteiger partial charge on any atom is -0.465 e. The van der Waals surface area contributed by atoms with E-state index in [1.54, 1.807) is 0 Å². The van der Waals surface area contributed by atoms with E-state index in [4.69, 9.17) is 11.0 Å². The molecule has 0 bridgehead atoms. The van der Waals surface area contributed by atoms with Crippen molar-refractivity contribution < 1.29 is 17.9 Å². The second-order valence-corrected chi connectivity index (χ2v) is 6.00. The van der Waals surface area contributed by atoms with Crippen LogP contribution >= 0.6 is 0 Å². The van der Waals surface area contributed by atoms with Crippen LogP contribution in [0.15, 0.2) is 23.1 Å². The first-order chi connectivity index (χ1) is 9.34. The fraction of sp³-hybridized carbons (Fsp3) is 0.333. The fourth-order valence-corrected chi connectivity index (χ4v) is 2.87. The molecule has 20 heavy (non-hydrogen) atoms. The summed E-state index contributed by atoms with van der Waals surface area (Å²) >= 11 is 0. The van der Waals surface area contributed by atoms with Crippen LogP contribution in [0, 0.1) is 11.3 Å². The summed E-state index contributed by atoms with van der Waals surface area (Å²) in [6, 6.07) is 5.75. The molecule has 0 aliphatic heterocycles. The highest BCUT2D eigenvalue weighted by Gasteiger charge is 2.27. The molecule has 0 radical (unpaired) electrons. The van der Waals surface area contributed by atoms with Gasteiger partial charge in [-0.1, -0.05) is 0 Å². The lowest BCUT2D eigenvalue weighted by molar-refractivity contribution is 0.0596. The van der Waals surface area contributed by atoms with Gasteiger partial charge in [-0.3, -0.25) is 0 Å². The van der Waals surface area contributed by atoms with Gasteiger partial charge in [0.1, 0.15) is 0 Å².